The average molecular weight is 381 g/mol. The van der Waals surface area contributed by atoms with E-state index in [0.29, 0.717) is 12.0 Å². The number of para-hydroxylation sites is 2. The summed E-state index contributed by atoms with van der Waals surface area (Å²) in [6.45, 7) is 3.80. The van der Waals surface area contributed by atoms with E-state index in [2.05, 4.69) is 6.58 Å². The molecule has 0 bridgehead atoms. The first-order valence-corrected chi connectivity index (χ1v) is 9.39. The van der Waals surface area contributed by atoms with Crippen LogP contribution in [0.2, 0.25) is 0 Å². The SMILES string of the molecule is C=Cc1cccc(Cc2c(O)[n+](-c3ccccc3)cn(-c3ccccc3)c2=O)c1. The van der Waals surface area contributed by atoms with Gasteiger partial charge in [-0.05, 0) is 35.4 Å². The second kappa shape index (κ2) is 7.98. The standard InChI is InChI=1S/C25H20N2O2/c1-2-19-10-9-11-20(16-19)17-23-24(28)26(21-12-5-3-6-13-21)18-27(25(23)29)22-14-7-4-8-15-22/h2-16,18H,1,17H2/p+1. The van der Waals surface area contributed by atoms with E-state index in [-0.39, 0.29) is 11.4 Å². The van der Waals surface area contributed by atoms with Gasteiger partial charge in [-0.25, -0.2) is 4.79 Å². The van der Waals surface area contributed by atoms with Gasteiger partial charge >= 0.3 is 5.56 Å². The van der Waals surface area contributed by atoms with Crippen molar-refractivity contribution in [2.75, 3.05) is 0 Å². The third-order valence-corrected chi connectivity index (χ3v) is 4.84. The fourth-order valence-corrected chi connectivity index (χ4v) is 3.35. The van der Waals surface area contributed by atoms with Gasteiger partial charge in [0.2, 0.25) is 0 Å². The summed E-state index contributed by atoms with van der Waals surface area (Å²) in [5.41, 5.74) is 3.50. The Morgan fingerprint density at radius 1 is 0.931 bits per heavy atom. The first-order chi connectivity index (χ1) is 14.2. The lowest BCUT2D eigenvalue weighted by atomic mass is 10.0. The molecule has 0 aliphatic rings. The van der Waals surface area contributed by atoms with Crippen LogP contribution in [0.1, 0.15) is 16.7 Å². The van der Waals surface area contributed by atoms with Crippen molar-refractivity contribution < 1.29 is 9.67 Å². The molecule has 0 spiro atoms. The Morgan fingerprint density at radius 3 is 2.31 bits per heavy atom. The lowest BCUT2D eigenvalue weighted by Gasteiger charge is -2.10. The number of aromatic hydroxyl groups is 1. The Labute approximate surface area is 169 Å². The van der Waals surface area contributed by atoms with Gasteiger partial charge in [-0.1, -0.05) is 73.3 Å². The van der Waals surface area contributed by atoms with Gasteiger partial charge in [-0.2, -0.15) is 9.13 Å². The molecule has 0 saturated carbocycles. The van der Waals surface area contributed by atoms with Crippen LogP contribution in [0.5, 0.6) is 5.88 Å². The Kier molecular flexibility index (Phi) is 5.08. The van der Waals surface area contributed by atoms with Crippen molar-refractivity contribution in [2.24, 2.45) is 0 Å². The zero-order valence-corrected chi connectivity index (χ0v) is 15.9. The molecule has 142 valence electrons. The van der Waals surface area contributed by atoms with Crippen LogP contribution >= 0.6 is 0 Å². The molecular formula is C25H21N2O2+. The van der Waals surface area contributed by atoms with Crippen molar-refractivity contribution in [1.29, 1.82) is 0 Å². The molecule has 29 heavy (non-hydrogen) atoms. The molecule has 3 aromatic carbocycles. The van der Waals surface area contributed by atoms with Gasteiger partial charge in [0.25, 0.3) is 12.2 Å². The van der Waals surface area contributed by atoms with Gasteiger partial charge in [-0.3, -0.25) is 0 Å². The third-order valence-electron chi connectivity index (χ3n) is 4.84. The number of nitrogens with zero attached hydrogens (tertiary/aromatic N) is 2. The predicted octanol–water partition coefficient (Wildman–Crippen LogP) is 4.05. The molecule has 0 aliphatic heterocycles. The van der Waals surface area contributed by atoms with E-state index in [1.165, 1.54) is 0 Å². The maximum absolute atomic E-state index is 13.3. The largest absolute Gasteiger partial charge is 0.477 e. The zero-order chi connectivity index (χ0) is 20.2. The smallest absolute Gasteiger partial charge is 0.349 e. The molecule has 0 aliphatic carbocycles. The van der Waals surface area contributed by atoms with E-state index in [0.717, 1.165) is 22.5 Å². The first kappa shape index (κ1) is 18.4. The fraction of sp³-hybridized carbons (Fsp3) is 0.0400. The summed E-state index contributed by atoms with van der Waals surface area (Å²) >= 11 is 0. The number of hydrogen-bond acceptors (Lipinski definition) is 2. The molecule has 1 aromatic heterocycles. The lowest BCUT2D eigenvalue weighted by Crippen LogP contribution is -2.40. The fourth-order valence-electron chi connectivity index (χ4n) is 3.35. The third kappa shape index (κ3) is 3.73. The monoisotopic (exact) mass is 381 g/mol. The molecule has 0 radical (unpaired) electrons. The van der Waals surface area contributed by atoms with Gasteiger partial charge in [0, 0.05) is 6.42 Å². The van der Waals surface area contributed by atoms with Crippen LogP contribution in [-0.2, 0) is 6.42 Å². The minimum atomic E-state index is -0.245. The molecule has 4 aromatic rings. The molecule has 0 saturated heterocycles. The highest BCUT2D eigenvalue weighted by Gasteiger charge is 2.24. The normalized spacial score (nSPS) is 10.6. The molecule has 1 N–H and O–H groups in total. The summed E-state index contributed by atoms with van der Waals surface area (Å²) in [5.74, 6) is -0.0580. The zero-order valence-electron chi connectivity index (χ0n) is 15.9. The highest BCUT2D eigenvalue weighted by atomic mass is 16.3. The summed E-state index contributed by atoms with van der Waals surface area (Å²) in [6, 6.07) is 26.7. The van der Waals surface area contributed by atoms with E-state index in [1.54, 1.807) is 21.5 Å². The van der Waals surface area contributed by atoms with Crippen LogP contribution < -0.4 is 10.1 Å². The van der Waals surface area contributed by atoms with E-state index >= 15 is 0 Å². The quantitative estimate of drug-likeness (QED) is 0.530. The highest BCUT2D eigenvalue weighted by Crippen LogP contribution is 2.17. The van der Waals surface area contributed by atoms with Gasteiger partial charge < -0.3 is 5.11 Å². The average Bonchev–Trinajstić information content (AvgIpc) is 2.78. The molecule has 0 fully saturated rings. The number of hydrogen-bond donors (Lipinski definition) is 1. The Balaban J connectivity index is 1.93. The van der Waals surface area contributed by atoms with Crippen molar-refractivity contribution in [1.82, 2.24) is 4.57 Å². The molecular weight excluding hydrogens is 360 g/mol. The maximum atomic E-state index is 13.3. The minimum absolute atomic E-state index is 0.0580. The van der Waals surface area contributed by atoms with Gasteiger partial charge in [0.15, 0.2) is 0 Å². The van der Waals surface area contributed by atoms with Crippen LogP contribution in [0.4, 0.5) is 0 Å². The van der Waals surface area contributed by atoms with Gasteiger partial charge in [0.1, 0.15) is 16.9 Å². The van der Waals surface area contributed by atoms with E-state index in [1.807, 2.05) is 84.9 Å². The summed E-state index contributed by atoms with van der Waals surface area (Å²) in [4.78, 5) is 13.3. The molecule has 4 rings (SSSR count). The number of aromatic nitrogens is 2. The minimum Gasteiger partial charge on any atom is -0.477 e. The van der Waals surface area contributed by atoms with Crippen LogP contribution in [0, 0.1) is 0 Å². The van der Waals surface area contributed by atoms with Gasteiger partial charge in [-0.15, -0.1) is 0 Å². The molecule has 0 amide bonds. The maximum Gasteiger partial charge on any atom is 0.349 e. The number of rotatable bonds is 5. The first-order valence-electron chi connectivity index (χ1n) is 9.39. The second-order valence-corrected chi connectivity index (χ2v) is 6.76. The van der Waals surface area contributed by atoms with Gasteiger partial charge in [0.05, 0.1) is 0 Å². The molecule has 1 heterocycles. The molecule has 0 atom stereocenters. The van der Waals surface area contributed by atoms with Crippen molar-refractivity contribution >= 4 is 6.08 Å². The van der Waals surface area contributed by atoms with Crippen LogP contribution in [-0.4, -0.2) is 9.67 Å². The van der Waals surface area contributed by atoms with E-state index in [9.17, 15) is 9.90 Å². The van der Waals surface area contributed by atoms with E-state index in [4.69, 9.17) is 0 Å². The van der Waals surface area contributed by atoms with Crippen LogP contribution in [0.3, 0.4) is 0 Å². The van der Waals surface area contributed by atoms with Crippen LogP contribution in [0.25, 0.3) is 17.5 Å². The lowest BCUT2D eigenvalue weighted by molar-refractivity contribution is -0.609. The summed E-state index contributed by atoms with van der Waals surface area (Å²) in [5, 5.41) is 11.0. The Bertz CT molecular complexity index is 1210. The summed E-state index contributed by atoms with van der Waals surface area (Å²) in [6.07, 6.45) is 3.71. The van der Waals surface area contributed by atoms with Crippen molar-refractivity contribution in [3.63, 3.8) is 0 Å². The molecule has 4 nitrogen and oxygen atoms in total. The summed E-state index contributed by atoms with van der Waals surface area (Å²) in [7, 11) is 0. The van der Waals surface area contributed by atoms with Crippen LogP contribution in [0.15, 0.2) is 103 Å². The topological polar surface area (TPSA) is 46.1 Å². The predicted molar refractivity (Wildman–Crippen MR) is 115 cm³/mol. The molecule has 0 unspecified atom stereocenters. The highest BCUT2D eigenvalue weighted by molar-refractivity contribution is 5.48. The number of benzene rings is 3. The van der Waals surface area contributed by atoms with Crippen molar-refractivity contribution in [3.05, 3.63) is 125 Å². The molecule has 4 heteroatoms. The second-order valence-electron chi connectivity index (χ2n) is 6.76. The van der Waals surface area contributed by atoms with Crippen molar-refractivity contribution in [3.8, 4) is 17.3 Å². The van der Waals surface area contributed by atoms with E-state index < -0.39 is 0 Å². The summed E-state index contributed by atoms with van der Waals surface area (Å²) < 4.78 is 3.21. The van der Waals surface area contributed by atoms with Crippen molar-refractivity contribution in [2.45, 2.75) is 6.42 Å². The Hall–Kier alpha value is -3.92. The Morgan fingerprint density at radius 2 is 1.62 bits per heavy atom.